The summed E-state index contributed by atoms with van der Waals surface area (Å²) in [5.41, 5.74) is 1.86. The van der Waals surface area contributed by atoms with Gasteiger partial charge in [-0.15, -0.1) is 11.8 Å². The summed E-state index contributed by atoms with van der Waals surface area (Å²) < 4.78 is 1.68. The van der Waals surface area contributed by atoms with Crippen LogP contribution in [-0.2, 0) is 11.3 Å². The number of carbonyl (C=O) groups is 1. The Morgan fingerprint density at radius 3 is 2.78 bits per heavy atom. The second-order valence-electron chi connectivity index (χ2n) is 8.94. The molecule has 2 fully saturated rings. The molecule has 8 heteroatoms. The first-order valence-corrected chi connectivity index (χ1v) is 13.0. The molecule has 0 saturated heterocycles. The fourth-order valence-electron chi connectivity index (χ4n) is 5.90. The molecule has 2 bridgehead atoms. The molecule has 5 atom stereocenters. The average molecular weight is 484 g/mol. The molecular weight excluding hydrogens is 462 g/mol. The van der Waals surface area contributed by atoms with Gasteiger partial charge in [-0.3, -0.25) is 19.1 Å². The first kappa shape index (κ1) is 20.5. The third-order valence-corrected chi connectivity index (χ3v) is 10.2. The number of carbonyl (C=O) groups excluding carboxylic acids is 1. The van der Waals surface area contributed by atoms with Crippen molar-refractivity contribution in [3.8, 4) is 0 Å². The Morgan fingerprint density at radius 1 is 1.19 bits per heavy atom. The van der Waals surface area contributed by atoms with Crippen molar-refractivity contribution in [2.45, 2.75) is 42.0 Å². The zero-order chi connectivity index (χ0) is 21.8. The third-order valence-electron chi connectivity index (χ3n) is 7.16. The minimum Gasteiger partial charge on any atom is -0.325 e. The van der Waals surface area contributed by atoms with E-state index in [1.807, 2.05) is 24.0 Å². The molecule has 5 nitrogen and oxygen atoms in total. The summed E-state index contributed by atoms with van der Waals surface area (Å²) in [6.45, 7) is 0.0194. The van der Waals surface area contributed by atoms with E-state index in [4.69, 9.17) is 11.6 Å². The van der Waals surface area contributed by atoms with Gasteiger partial charge in [-0.25, -0.2) is 0 Å². The number of halogens is 1. The van der Waals surface area contributed by atoms with Crippen molar-refractivity contribution in [2.75, 3.05) is 5.32 Å². The summed E-state index contributed by atoms with van der Waals surface area (Å²) in [5, 5.41) is 4.99. The number of amides is 1. The number of hydrogen-bond donors (Lipinski definition) is 1. The molecule has 2 saturated carbocycles. The van der Waals surface area contributed by atoms with Crippen LogP contribution in [0.5, 0.6) is 0 Å². The number of benzene rings is 1. The highest BCUT2D eigenvalue weighted by Crippen LogP contribution is 2.63. The molecule has 3 aliphatic rings. The summed E-state index contributed by atoms with van der Waals surface area (Å²) in [4.78, 5) is 31.3. The molecule has 3 heterocycles. The van der Waals surface area contributed by atoms with Crippen LogP contribution in [0.15, 0.2) is 58.6 Å². The quantitative estimate of drug-likeness (QED) is 0.550. The lowest BCUT2D eigenvalue weighted by atomic mass is 9.75. The number of fused-ring (bicyclic) bond motifs is 6. The number of rotatable bonds is 4. The first-order chi connectivity index (χ1) is 15.6. The van der Waals surface area contributed by atoms with E-state index in [1.54, 1.807) is 35.0 Å². The van der Waals surface area contributed by atoms with E-state index >= 15 is 0 Å². The van der Waals surface area contributed by atoms with Gasteiger partial charge in [-0.2, -0.15) is 0 Å². The molecule has 0 radical (unpaired) electrons. The number of pyridine rings is 1. The van der Waals surface area contributed by atoms with Gasteiger partial charge in [0.15, 0.2) is 0 Å². The molecular formula is C24H22ClN3O2S2. The van der Waals surface area contributed by atoms with Gasteiger partial charge in [-0.05, 0) is 72.9 Å². The highest BCUT2D eigenvalue weighted by Gasteiger charge is 2.55. The third kappa shape index (κ3) is 3.42. The van der Waals surface area contributed by atoms with Crippen molar-refractivity contribution < 1.29 is 4.79 Å². The number of anilines is 1. The number of thioether (sulfide) groups is 1. The Morgan fingerprint density at radius 2 is 2.00 bits per heavy atom. The zero-order valence-electron chi connectivity index (χ0n) is 17.2. The van der Waals surface area contributed by atoms with Crippen LogP contribution in [-0.4, -0.2) is 20.7 Å². The van der Waals surface area contributed by atoms with Gasteiger partial charge >= 0.3 is 4.87 Å². The van der Waals surface area contributed by atoms with Crippen LogP contribution in [0, 0.1) is 17.8 Å². The van der Waals surface area contributed by atoms with Crippen molar-refractivity contribution >= 4 is 46.3 Å². The Kier molecular flexibility index (Phi) is 5.16. The molecule has 1 aliphatic heterocycles. The van der Waals surface area contributed by atoms with Crippen LogP contribution in [0.2, 0.25) is 5.02 Å². The minimum atomic E-state index is -0.205. The second-order valence-corrected chi connectivity index (χ2v) is 11.5. The SMILES string of the molecule is O=C(Cn1c2c(sc1=O)C(c1cccnc1)C1C3CCC(C3)C1S2)Nc1ccc(Cl)cc1. The maximum Gasteiger partial charge on any atom is 0.308 e. The largest absolute Gasteiger partial charge is 0.325 e. The number of hydrogen-bond acceptors (Lipinski definition) is 5. The van der Waals surface area contributed by atoms with Gasteiger partial charge in [0.2, 0.25) is 5.91 Å². The maximum absolute atomic E-state index is 13.1. The Hall–Kier alpha value is -2.09. The van der Waals surface area contributed by atoms with Gasteiger partial charge in [0.05, 0.1) is 5.03 Å². The first-order valence-electron chi connectivity index (χ1n) is 10.9. The summed E-state index contributed by atoms with van der Waals surface area (Å²) in [7, 11) is 0. The van der Waals surface area contributed by atoms with Crippen molar-refractivity contribution in [2.24, 2.45) is 17.8 Å². The molecule has 32 heavy (non-hydrogen) atoms. The van der Waals surface area contributed by atoms with Crippen LogP contribution in [0.1, 0.15) is 35.6 Å². The fourth-order valence-corrected chi connectivity index (χ4v) is 9.17. The summed E-state index contributed by atoms with van der Waals surface area (Å²) in [6.07, 6.45) is 7.61. The predicted molar refractivity (Wildman–Crippen MR) is 129 cm³/mol. The molecule has 0 spiro atoms. The van der Waals surface area contributed by atoms with Crippen LogP contribution in [0.25, 0.3) is 0 Å². The lowest BCUT2D eigenvalue weighted by Gasteiger charge is -2.40. The van der Waals surface area contributed by atoms with E-state index in [2.05, 4.69) is 16.4 Å². The average Bonchev–Trinajstić information content (AvgIpc) is 3.49. The summed E-state index contributed by atoms with van der Waals surface area (Å²) in [5.74, 6) is 1.95. The molecule has 164 valence electrons. The smallest absolute Gasteiger partial charge is 0.308 e. The zero-order valence-corrected chi connectivity index (χ0v) is 19.6. The summed E-state index contributed by atoms with van der Waals surface area (Å²) >= 11 is 9.08. The lowest BCUT2D eigenvalue weighted by molar-refractivity contribution is -0.116. The van der Waals surface area contributed by atoms with Crippen LogP contribution >= 0.6 is 34.7 Å². The molecule has 5 unspecified atom stereocenters. The molecule has 2 aromatic heterocycles. The van der Waals surface area contributed by atoms with E-state index in [0.717, 1.165) is 15.8 Å². The maximum atomic E-state index is 13.1. The van der Waals surface area contributed by atoms with Crippen molar-refractivity contribution in [3.05, 3.63) is 73.9 Å². The number of thiazole rings is 1. The molecule has 1 amide bonds. The van der Waals surface area contributed by atoms with Crippen LogP contribution < -0.4 is 10.2 Å². The van der Waals surface area contributed by atoms with Gasteiger partial charge in [0.25, 0.3) is 0 Å². The molecule has 3 aromatic rings. The minimum absolute atomic E-state index is 0.0194. The van der Waals surface area contributed by atoms with Crippen molar-refractivity contribution in [3.63, 3.8) is 0 Å². The second kappa shape index (κ2) is 8.04. The highest BCUT2D eigenvalue weighted by molar-refractivity contribution is 8.00. The molecule has 6 rings (SSSR count). The Bertz CT molecular complexity index is 1220. The summed E-state index contributed by atoms with van der Waals surface area (Å²) in [6, 6.07) is 11.1. The molecule has 1 N–H and O–H groups in total. The highest BCUT2D eigenvalue weighted by atomic mass is 35.5. The van der Waals surface area contributed by atoms with E-state index < -0.39 is 0 Å². The van der Waals surface area contributed by atoms with Crippen molar-refractivity contribution in [1.82, 2.24) is 9.55 Å². The van der Waals surface area contributed by atoms with E-state index in [0.29, 0.717) is 27.8 Å². The lowest BCUT2D eigenvalue weighted by Crippen LogP contribution is -2.34. The van der Waals surface area contributed by atoms with E-state index in [9.17, 15) is 9.59 Å². The van der Waals surface area contributed by atoms with Crippen LogP contribution in [0.3, 0.4) is 0 Å². The van der Waals surface area contributed by atoms with Gasteiger partial charge in [-0.1, -0.05) is 29.0 Å². The number of nitrogens with one attached hydrogen (secondary N) is 1. The van der Waals surface area contributed by atoms with Gasteiger partial charge in [0.1, 0.15) is 6.54 Å². The molecule has 2 aliphatic carbocycles. The van der Waals surface area contributed by atoms with E-state index in [-0.39, 0.29) is 23.2 Å². The molecule has 1 aromatic carbocycles. The monoisotopic (exact) mass is 483 g/mol. The topological polar surface area (TPSA) is 64.0 Å². The number of nitrogens with zero attached hydrogens (tertiary/aromatic N) is 2. The van der Waals surface area contributed by atoms with E-state index in [1.165, 1.54) is 36.2 Å². The number of aromatic nitrogens is 2. The normalized spacial score (nSPS) is 27.7. The Balaban J connectivity index is 1.35. The van der Waals surface area contributed by atoms with Gasteiger partial charge in [0, 0.05) is 39.1 Å². The Labute approximate surface area is 199 Å². The predicted octanol–water partition coefficient (Wildman–Crippen LogP) is 5.25. The van der Waals surface area contributed by atoms with Gasteiger partial charge < -0.3 is 5.32 Å². The van der Waals surface area contributed by atoms with Crippen molar-refractivity contribution in [1.29, 1.82) is 0 Å². The van der Waals surface area contributed by atoms with Crippen LogP contribution in [0.4, 0.5) is 5.69 Å². The standard InChI is InChI=1S/C24H22ClN3O2S2/c25-16-5-7-17(8-6-16)27-18(29)12-28-23-22(32-24(28)30)20(15-2-1-9-26-11-15)19-13-3-4-14(10-13)21(19)31-23/h1-2,5-9,11,13-14,19-21H,3-4,10,12H2,(H,27,29). The fraction of sp³-hybridized carbons (Fsp3) is 0.375.